The fourth-order valence-electron chi connectivity index (χ4n) is 3.86. The molecule has 1 amide bonds. The van der Waals surface area contributed by atoms with Crippen molar-refractivity contribution >= 4 is 5.91 Å². The Morgan fingerprint density at radius 3 is 2.42 bits per heavy atom. The van der Waals surface area contributed by atoms with E-state index in [1.807, 2.05) is 0 Å². The number of halogens is 5. The largest absolute Gasteiger partial charge is 0.487 e. The highest BCUT2D eigenvalue weighted by molar-refractivity contribution is 5.95. The molecule has 0 aliphatic carbocycles. The predicted octanol–water partition coefficient (Wildman–Crippen LogP) is 5.16. The molecular weight excluding hydrogens is 445 g/mol. The van der Waals surface area contributed by atoms with Crippen LogP contribution in [0.25, 0.3) is 5.69 Å². The molecule has 174 valence electrons. The van der Waals surface area contributed by atoms with E-state index >= 15 is 0 Å². The minimum Gasteiger partial charge on any atom is -0.487 e. The average molecular weight is 465 g/mol. The van der Waals surface area contributed by atoms with E-state index < -0.39 is 41.1 Å². The van der Waals surface area contributed by atoms with E-state index in [2.05, 4.69) is 5.10 Å². The third kappa shape index (κ3) is 4.69. The topological polar surface area (TPSA) is 47.4 Å². The predicted molar refractivity (Wildman–Crippen MR) is 109 cm³/mol. The molecule has 1 aromatic heterocycles. The van der Waals surface area contributed by atoms with Crippen molar-refractivity contribution in [3.63, 3.8) is 0 Å². The van der Waals surface area contributed by atoms with Crippen LogP contribution in [0.3, 0.4) is 0 Å². The van der Waals surface area contributed by atoms with E-state index in [0.717, 1.165) is 16.9 Å². The Labute approximate surface area is 186 Å². The van der Waals surface area contributed by atoms with Gasteiger partial charge in [0.05, 0.1) is 17.4 Å². The number of aryl methyl sites for hydroxylation is 1. The van der Waals surface area contributed by atoms with Crippen LogP contribution in [0.1, 0.15) is 34.5 Å². The number of nitrogens with zero attached hydrogens (tertiary/aromatic N) is 3. The molecule has 0 saturated carbocycles. The molecule has 0 radical (unpaired) electrons. The van der Waals surface area contributed by atoms with Crippen molar-refractivity contribution in [2.75, 3.05) is 13.1 Å². The lowest BCUT2D eigenvalue weighted by Crippen LogP contribution is -2.42. The number of hydrogen-bond acceptors (Lipinski definition) is 3. The summed E-state index contributed by atoms with van der Waals surface area (Å²) in [6.45, 7) is 1.91. The van der Waals surface area contributed by atoms with Gasteiger partial charge in [-0.3, -0.25) is 4.79 Å². The summed E-state index contributed by atoms with van der Waals surface area (Å²) in [5.41, 5.74) is -0.850. The highest BCUT2D eigenvalue weighted by atomic mass is 19.4. The number of carbonyl (C=O) groups excluding carboxylic acids is 1. The van der Waals surface area contributed by atoms with Gasteiger partial charge in [-0.2, -0.15) is 18.3 Å². The Kier molecular flexibility index (Phi) is 6.09. The highest BCUT2D eigenvalue weighted by Crippen LogP contribution is 2.35. The van der Waals surface area contributed by atoms with Gasteiger partial charge in [-0.05, 0) is 30.7 Å². The molecule has 0 N–H and O–H groups in total. The number of likely N-dealkylation sites (tertiary alicyclic amines) is 1. The summed E-state index contributed by atoms with van der Waals surface area (Å²) in [5, 5.41) is 3.87. The molecular formula is C23H20F5N3O2. The van der Waals surface area contributed by atoms with Crippen molar-refractivity contribution in [2.45, 2.75) is 32.0 Å². The first-order chi connectivity index (χ1) is 15.6. The number of amides is 1. The zero-order chi connectivity index (χ0) is 23.8. The number of hydrogen-bond donors (Lipinski definition) is 0. The second kappa shape index (κ2) is 8.84. The molecule has 2 aromatic carbocycles. The first-order valence-corrected chi connectivity index (χ1v) is 10.3. The second-order valence-electron chi connectivity index (χ2n) is 7.79. The molecule has 1 aliphatic rings. The van der Waals surface area contributed by atoms with E-state index in [1.165, 1.54) is 17.0 Å². The van der Waals surface area contributed by atoms with Crippen molar-refractivity contribution in [3.8, 4) is 11.4 Å². The van der Waals surface area contributed by atoms with Crippen LogP contribution in [-0.2, 0) is 6.18 Å². The quantitative estimate of drug-likeness (QED) is 0.500. The van der Waals surface area contributed by atoms with Gasteiger partial charge in [0.25, 0.3) is 5.91 Å². The number of aromatic nitrogens is 2. The van der Waals surface area contributed by atoms with Crippen molar-refractivity contribution in [1.29, 1.82) is 0 Å². The number of ether oxygens (including phenoxy) is 1. The maximum Gasteiger partial charge on any atom is 0.434 e. The second-order valence-corrected chi connectivity index (χ2v) is 7.79. The molecule has 2 heterocycles. The van der Waals surface area contributed by atoms with Crippen LogP contribution in [0.2, 0.25) is 0 Å². The van der Waals surface area contributed by atoms with Crippen LogP contribution in [0.15, 0.2) is 48.7 Å². The fraction of sp³-hybridized carbons (Fsp3) is 0.304. The van der Waals surface area contributed by atoms with Crippen molar-refractivity contribution in [2.24, 2.45) is 0 Å². The standard InChI is InChI=1S/C23H20F5N3O2/c1-14-4-2-3-5-19(14)31-21(23(26,27)28)17(13-29-31)22(32)30-10-8-16(9-11-30)33-20-7-6-15(24)12-18(20)25/h2-7,12-13,16H,8-11H2,1H3. The zero-order valence-corrected chi connectivity index (χ0v) is 17.6. The summed E-state index contributed by atoms with van der Waals surface area (Å²) in [4.78, 5) is 14.3. The summed E-state index contributed by atoms with van der Waals surface area (Å²) in [7, 11) is 0. The summed E-state index contributed by atoms with van der Waals surface area (Å²) in [6, 6.07) is 9.42. The van der Waals surface area contributed by atoms with Gasteiger partial charge in [0.15, 0.2) is 17.3 Å². The summed E-state index contributed by atoms with van der Waals surface area (Å²) < 4.78 is 75.0. The molecule has 10 heteroatoms. The monoisotopic (exact) mass is 465 g/mol. The van der Waals surface area contributed by atoms with Gasteiger partial charge in [-0.1, -0.05) is 18.2 Å². The molecule has 5 nitrogen and oxygen atoms in total. The molecule has 4 rings (SSSR count). The van der Waals surface area contributed by atoms with Crippen molar-refractivity contribution in [3.05, 3.63) is 77.1 Å². The van der Waals surface area contributed by atoms with Crippen molar-refractivity contribution < 1.29 is 31.5 Å². The summed E-state index contributed by atoms with van der Waals surface area (Å²) >= 11 is 0. The Balaban J connectivity index is 1.52. The smallest absolute Gasteiger partial charge is 0.434 e. The number of rotatable bonds is 4. The molecule has 0 unspecified atom stereocenters. The number of alkyl halides is 3. The first kappa shape index (κ1) is 22.8. The van der Waals surface area contributed by atoms with Crippen LogP contribution in [0.5, 0.6) is 5.75 Å². The molecule has 0 bridgehead atoms. The Hall–Kier alpha value is -3.43. The van der Waals surface area contributed by atoms with Crippen molar-refractivity contribution in [1.82, 2.24) is 14.7 Å². The Morgan fingerprint density at radius 1 is 1.09 bits per heavy atom. The van der Waals surface area contributed by atoms with Crippen LogP contribution < -0.4 is 4.74 Å². The lowest BCUT2D eigenvalue weighted by Gasteiger charge is -2.32. The van der Waals surface area contributed by atoms with Gasteiger partial charge in [0.1, 0.15) is 11.9 Å². The van der Waals surface area contributed by atoms with Gasteiger partial charge in [-0.25, -0.2) is 13.5 Å². The summed E-state index contributed by atoms with van der Waals surface area (Å²) in [5.74, 6) is -2.47. The summed E-state index contributed by atoms with van der Waals surface area (Å²) in [6.07, 6.45) is -3.74. The molecule has 33 heavy (non-hydrogen) atoms. The third-order valence-corrected chi connectivity index (χ3v) is 5.53. The molecule has 1 saturated heterocycles. The number of piperidine rings is 1. The molecule has 0 spiro atoms. The molecule has 0 atom stereocenters. The molecule has 3 aromatic rings. The highest BCUT2D eigenvalue weighted by Gasteiger charge is 2.42. The van der Waals surface area contributed by atoms with E-state index in [-0.39, 0.29) is 37.4 Å². The van der Waals surface area contributed by atoms with E-state index in [0.29, 0.717) is 11.6 Å². The minimum atomic E-state index is -4.80. The van der Waals surface area contributed by atoms with E-state index in [4.69, 9.17) is 4.74 Å². The first-order valence-electron chi connectivity index (χ1n) is 10.3. The van der Waals surface area contributed by atoms with E-state index in [1.54, 1.807) is 25.1 Å². The van der Waals surface area contributed by atoms with Crippen LogP contribution in [0.4, 0.5) is 22.0 Å². The Morgan fingerprint density at radius 2 is 1.79 bits per heavy atom. The number of para-hydroxylation sites is 1. The van der Waals surface area contributed by atoms with Gasteiger partial charge in [-0.15, -0.1) is 0 Å². The maximum atomic E-state index is 13.9. The van der Waals surface area contributed by atoms with Crippen LogP contribution in [0, 0.1) is 18.6 Å². The zero-order valence-electron chi connectivity index (χ0n) is 17.6. The van der Waals surface area contributed by atoms with Gasteiger partial charge >= 0.3 is 6.18 Å². The van der Waals surface area contributed by atoms with Gasteiger partial charge < -0.3 is 9.64 Å². The number of carbonyl (C=O) groups is 1. The molecule has 1 aliphatic heterocycles. The molecule has 1 fully saturated rings. The third-order valence-electron chi connectivity index (χ3n) is 5.53. The Bertz CT molecular complexity index is 1170. The lowest BCUT2D eigenvalue weighted by molar-refractivity contribution is -0.143. The SMILES string of the molecule is Cc1ccccc1-n1ncc(C(=O)N2CCC(Oc3ccc(F)cc3F)CC2)c1C(F)(F)F. The number of benzene rings is 2. The lowest BCUT2D eigenvalue weighted by atomic mass is 10.1. The van der Waals surface area contributed by atoms with Gasteiger partial charge in [0, 0.05) is 32.0 Å². The van der Waals surface area contributed by atoms with Crippen LogP contribution in [-0.4, -0.2) is 39.8 Å². The average Bonchev–Trinajstić information content (AvgIpc) is 3.22. The van der Waals surface area contributed by atoms with Crippen LogP contribution >= 0.6 is 0 Å². The van der Waals surface area contributed by atoms with E-state index in [9.17, 15) is 26.7 Å². The fourth-order valence-corrected chi connectivity index (χ4v) is 3.86. The van der Waals surface area contributed by atoms with Gasteiger partial charge in [0.2, 0.25) is 0 Å². The maximum absolute atomic E-state index is 13.9. The normalized spacial score (nSPS) is 15.0. The minimum absolute atomic E-state index is 0.111.